The van der Waals surface area contributed by atoms with Gasteiger partial charge >= 0.3 is 0 Å². The number of fused-ring (bicyclic) bond motifs is 1. The van der Waals surface area contributed by atoms with E-state index in [0.717, 1.165) is 23.4 Å². The SMILES string of the molecule is C[C@@H](NC(=O)c1ccc(-c2cncc(=O)[nH]2)cc1)c1nc2c(s1)CCCC2. The molecule has 6 nitrogen and oxygen atoms in total. The van der Waals surface area contributed by atoms with Gasteiger partial charge in [0.15, 0.2) is 0 Å². The van der Waals surface area contributed by atoms with Crippen molar-refractivity contribution >= 4 is 17.2 Å². The molecular formula is C20H20N4O2S. The highest BCUT2D eigenvalue weighted by Crippen LogP contribution is 2.29. The number of hydrogen-bond donors (Lipinski definition) is 2. The normalized spacial score (nSPS) is 14.4. The number of rotatable bonds is 4. The summed E-state index contributed by atoms with van der Waals surface area (Å²) in [5.41, 5.74) is 2.94. The van der Waals surface area contributed by atoms with Crippen molar-refractivity contribution in [3.63, 3.8) is 0 Å². The number of nitrogens with one attached hydrogen (secondary N) is 2. The molecule has 0 saturated carbocycles. The van der Waals surface area contributed by atoms with Crippen molar-refractivity contribution in [2.75, 3.05) is 0 Å². The Labute approximate surface area is 160 Å². The first-order valence-electron chi connectivity index (χ1n) is 9.04. The van der Waals surface area contributed by atoms with Gasteiger partial charge in [0.05, 0.1) is 29.8 Å². The monoisotopic (exact) mass is 380 g/mol. The van der Waals surface area contributed by atoms with Gasteiger partial charge in [-0.2, -0.15) is 0 Å². The van der Waals surface area contributed by atoms with Gasteiger partial charge in [0.1, 0.15) is 5.01 Å². The van der Waals surface area contributed by atoms with E-state index in [-0.39, 0.29) is 17.5 Å². The average Bonchev–Trinajstić information content (AvgIpc) is 3.12. The molecule has 1 atom stereocenters. The van der Waals surface area contributed by atoms with Crippen LogP contribution in [0.2, 0.25) is 0 Å². The van der Waals surface area contributed by atoms with Crippen molar-refractivity contribution in [1.29, 1.82) is 0 Å². The molecular weight excluding hydrogens is 360 g/mol. The lowest BCUT2D eigenvalue weighted by Gasteiger charge is -2.11. The number of hydrogen-bond acceptors (Lipinski definition) is 5. The summed E-state index contributed by atoms with van der Waals surface area (Å²) >= 11 is 1.72. The molecule has 3 aromatic rings. The van der Waals surface area contributed by atoms with Gasteiger partial charge in [-0.05, 0) is 50.3 Å². The van der Waals surface area contributed by atoms with Crippen molar-refractivity contribution in [2.24, 2.45) is 0 Å². The van der Waals surface area contributed by atoms with Crippen LogP contribution in [0.4, 0.5) is 0 Å². The molecule has 1 aliphatic rings. The molecule has 0 spiro atoms. The second-order valence-corrected chi connectivity index (χ2v) is 7.83. The second kappa shape index (κ2) is 7.44. The number of nitrogens with zero attached hydrogens (tertiary/aromatic N) is 2. The van der Waals surface area contributed by atoms with Crippen molar-refractivity contribution < 1.29 is 4.79 Å². The Hall–Kier alpha value is -2.80. The Morgan fingerprint density at radius 3 is 2.70 bits per heavy atom. The minimum absolute atomic E-state index is 0.123. The Kier molecular flexibility index (Phi) is 4.85. The summed E-state index contributed by atoms with van der Waals surface area (Å²) in [6.07, 6.45) is 7.39. The third-order valence-corrected chi connectivity index (χ3v) is 6.03. The third kappa shape index (κ3) is 3.83. The van der Waals surface area contributed by atoms with Crippen molar-refractivity contribution in [3.8, 4) is 11.3 Å². The lowest BCUT2D eigenvalue weighted by atomic mass is 10.0. The number of benzene rings is 1. The molecule has 2 aromatic heterocycles. The van der Waals surface area contributed by atoms with Crippen LogP contribution in [0.15, 0.2) is 41.5 Å². The smallest absolute Gasteiger partial charge is 0.266 e. The molecule has 0 saturated heterocycles. The quantitative estimate of drug-likeness (QED) is 0.727. The summed E-state index contributed by atoms with van der Waals surface area (Å²) < 4.78 is 0. The van der Waals surface area contributed by atoms with Gasteiger partial charge in [-0.25, -0.2) is 4.98 Å². The minimum atomic E-state index is -0.255. The number of thiazole rings is 1. The molecule has 0 fully saturated rings. The van der Waals surface area contributed by atoms with Crippen LogP contribution in [-0.2, 0) is 12.8 Å². The third-order valence-electron chi connectivity index (χ3n) is 4.69. The minimum Gasteiger partial charge on any atom is -0.343 e. The Morgan fingerprint density at radius 2 is 1.96 bits per heavy atom. The van der Waals surface area contributed by atoms with E-state index in [1.807, 2.05) is 6.92 Å². The lowest BCUT2D eigenvalue weighted by molar-refractivity contribution is 0.0940. The Balaban J connectivity index is 1.46. The molecule has 0 aliphatic heterocycles. The first kappa shape index (κ1) is 17.6. The first-order chi connectivity index (χ1) is 13.1. The zero-order valence-corrected chi connectivity index (χ0v) is 15.8. The summed E-state index contributed by atoms with van der Waals surface area (Å²) in [7, 11) is 0. The highest BCUT2D eigenvalue weighted by molar-refractivity contribution is 7.11. The summed E-state index contributed by atoms with van der Waals surface area (Å²) in [5, 5.41) is 4.00. The van der Waals surface area contributed by atoms with Crippen LogP contribution in [0.25, 0.3) is 11.3 Å². The summed E-state index contributed by atoms with van der Waals surface area (Å²) in [6, 6.07) is 6.97. The molecule has 1 aromatic carbocycles. The fourth-order valence-electron chi connectivity index (χ4n) is 3.22. The predicted octanol–water partition coefficient (Wildman–Crippen LogP) is 3.26. The number of aromatic amines is 1. The van der Waals surface area contributed by atoms with Crippen molar-refractivity contribution in [2.45, 2.75) is 38.6 Å². The molecule has 0 bridgehead atoms. The van der Waals surface area contributed by atoms with Crippen LogP contribution in [0.3, 0.4) is 0 Å². The van der Waals surface area contributed by atoms with E-state index < -0.39 is 0 Å². The first-order valence-corrected chi connectivity index (χ1v) is 9.86. The van der Waals surface area contributed by atoms with E-state index in [4.69, 9.17) is 4.98 Å². The number of carbonyl (C=O) groups excluding carboxylic acids is 1. The number of H-pyrrole nitrogens is 1. The summed E-state index contributed by atoms with van der Waals surface area (Å²) in [5.74, 6) is -0.137. The van der Waals surface area contributed by atoms with Crippen molar-refractivity contribution in [3.05, 3.63) is 68.2 Å². The zero-order valence-electron chi connectivity index (χ0n) is 15.0. The maximum Gasteiger partial charge on any atom is 0.266 e. The predicted molar refractivity (Wildman–Crippen MR) is 105 cm³/mol. The largest absolute Gasteiger partial charge is 0.343 e. The van der Waals surface area contributed by atoms with E-state index in [9.17, 15) is 9.59 Å². The van der Waals surface area contributed by atoms with Crippen molar-refractivity contribution in [1.82, 2.24) is 20.3 Å². The van der Waals surface area contributed by atoms with Gasteiger partial charge in [-0.3, -0.25) is 14.6 Å². The molecule has 1 amide bonds. The van der Waals surface area contributed by atoms with E-state index >= 15 is 0 Å². The van der Waals surface area contributed by atoms with Gasteiger partial charge in [0.2, 0.25) is 0 Å². The van der Waals surface area contributed by atoms with Crippen LogP contribution in [0.1, 0.15) is 51.7 Å². The molecule has 1 aliphatic carbocycles. The molecule has 2 heterocycles. The van der Waals surface area contributed by atoms with Gasteiger partial charge in [0, 0.05) is 10.4 Å². The van der Waals surface area contributed by atoms with Gasteiger partial charge < -0.3 is 10.3 Å². The number of carbonyl (C=O) groups is 1. The fourth-order valence-corrected chi connectivity index (χ4v) is 4.38. The topological polar surface area (TPSA) is 87.7 Å². The highest BCUT2D eigenvalue weighted by atomic mass is 32.1. The molecule has 0 unspecified atom stereocenters. The van der Waals surface area contributed by atoms with E-state index in [1.165, 1.54) is 29.6 Å². The maximum absolute atomic E-state index is 12.6. The number of aromatic nitrogens is 3. The van der Waals surface area contributed by atoms with Gasteiger partial charge in [-0.1, -0.05) is 12.1 Å². The van der Waals surface area contributed by atoms with Crippen LogP contribution < -0.4 is 10.9 Å². The lowest BCUT2D eigenvalue weighted by Crippen LogP contribution is -2.26. The average molecular weight is 380 g/mol. The summed E-state index contributed by atoms with van der Waals surface area (Å²) in [6.45, 7) is 1.97. The van der Waals surface area contributed by atoms with Gasteiger partial charge in [0.25, 0.3) is 11.5 Å². The molecule has 27 heavy (non-hydrogen) atoms. The number of aryl methyl sites for hydroxylation is 2. The van der Waals surface area contributed by atoms with E-state index in [2.05, 4.69) is 15.3 Å². The van der Waals surface area contributed by atoms with E-state index in [0.29, 0.717) is 11.3 Å². The Morgan fingerprint density at radius 1 is 1.19 bits per heavy atom. The van der Waals surface area contributed by atoms with Crippen LogP contribution >= 0.6 is 11.3 Å². The molecule has 2 N–H and O–H groups in total. The fraction of sp³-hybridized carbons (Fsp3) is 0.300. The molecule has 138 valence electrons. The Bertz CT molecular complexity index is 999. The van der Waals surface area contributed by atoms with Gasteiger partial charge in [-0.15, -0.1) is 11.3 Å². The summed E-state index contributed by atoms with van der Waals surface area (Å²) in [4.78, 5) is 36.7. The standard InChI is InChI=1S/C20H20N4O2S/c1-12(20-24-15-4-2-3-5-17(15)27-20)22-19(26)14-8-6-13(7-9-14)16-10-21-11-18(25)23-16/h6-12H,2-5H2,1H3,(H,22,26)(H,23,25)/t12-/m1/s1. The van der Waals surface area contributed by atoms with E-state index in [1.54, 1.807) is 41.8 Å². The van der Waals surface area contributed by atoms with Crippen LogP contribution in [-0.4, -0.2) is 20.9 Å². The maximum atomic E-state index is 12.6. The second-order valence-electron chi connectivity index (χ2n) is 6.71. The molecule has 0 radical (unpaired) electrons. The van der Waals surface area contributed by atoms with Crippen LogP contribution in [0, 0.1) is 0 Å². The molecule has 4 rings (SSSR count). The zero-order chi connectivity index (χ0) is 18.8. The molecule has 7 heteroatoms. The van der Waals surface area contributed by atoms with Crippen LogP contribution in [0.5, 0.6) is 0 Å². The number of amides is 1. The highest BCUT2D eigenvalue weighted by Gasteiger charge is 2.20.